The highest BCUT2D eigenvalue weighted by Gasteiger charge is 2.25. The van der Waals surface area contributed by atoms with E-state index in [1.54, 1.807) is 13.3 Å². The van der Waals surface area contributed by atoms with Crippen molar-refractivity contribution in [2.75, 3.05) is 56.7 Å². The summed E-state index contributed by atoms with van der Waals surface area (Å²) < 4.78 is 5.47. The third-order valence-electron chi connectivity index (χ3n) is 4.98. The number of benzene rings is 1. The molecule has 3 rings (SSSR count). The first kappa shape index (κ1) is 17.9. The number of hydrogen-bond acceptors (Lipinski definition) is 4. The van der Waals surface area contributed by atoms with Gasteiger partial charge in [0.15, 0.2) is 0 Å². The number of rotatable bonds is 3. The van der Waals surface area contributed by atoms with E-state index in [1.807, 2.05) is 6.92 Å². The van der Waals surface area contributed by atoms with E-state index in [-0.39, 0.29) is 0 Å². The molecule has 2 heterocycles. The van der Waals surface area contributed by atoms with Gasteiger partial charge in [0, 0.05) is 56.9 Å². The first-order valence-corrected chi connectivity index (χ1v) is 9.19. The maximum atomic E-state index is 5.47. The molecular formula is C19H29N5O. The van der Waals surface area contributed by atoms with Crippen molar-refractivity contribution in [2.45, 2.75) is 25.8 Å². The van der Waals surface area contributed by atoms with Gasteiger partial charge in [0.25, 0.3) is 0 Å². The van der Waals surface area contributed by atoms with Gasteiger partial charge >= 0.3 is 0 Å². The molecule has 25 heavy (non-hydrogen) atoms. The molecule has 0 aliphatic carbocycles. The molecule has 2 aliphatic heterocycles. The van der Waals surface area contributed by atoms with Gasteiger partial charge in [-0.1, -0.05) is 0 Å². The third-order valence-corrected chi connectivity index (χ3v) is 4.98. The summed E-state index contributed by atoms with van der Waals surface area (Å²) in [5, 5.41) is 3.22. The molecule has 1 N–H and O–H groups in total. The second-order valence-corrected chi connectivity index (χ2v) is 6.47. The summed E-state index contributed by atoms with van der Waals surface area (Å²) in [6, 6.07) is 9.27. The summed E-state index contributed by atoms with van der Waals surface area (Å²) in [6.07, 6.45) is 4.21. The number of hydrogen-bond donors (Lipinski definition) is 1. The van der Waals surface area contributed by atoms with Gasteiger partial charge in [0.1, 0.15) is 0 Å². The van der Waals surface area contributed by atoms with Crippen molar-refractivity contribution in [3.63, 3.8) is 0 Å². The summed E-state index contributed by atoms with van der Waals surface area (Å²) >= 11 is 0. The van der Waals surface area contributed by atoms with E-state index >= 15 is 0 Å². The lowest BCUT2D eigenvalue weighted by Crippen LogP contribution is -2.49. The molecule has 136 valence electrons. The van der Waals surface area contributed by atoms with Gasteiger partial charge in [0.2, 0.25) is 5.96 Å². The highest BCUT2D eigenvalue weighted by Crippen LogP contribution is 2.24. The fraction of sp³-hybridized carbons (Fsp3) is 0.579. The van der Waals surface area contributed by atoms with Crippen molar-refractivity contribution >= 4 is 23.5 Å². The van der Waals surface area contributed by atoms with Gasteiger partial charge in [-0.15, -0.1) is 0 Å². The third kappa shape index (κ3) is 4.80. The lowest BCUT2D eigenvalue weighted by Gasteiger charge is -2.40. The zero-order chi connectivity index (χ0) is 17.5. The molecule has 1 aromatic rings. The number of nitrogens with zero attached hydrogens (tertiary/aromatic N) is 4. The second kappa shape index (κ2) is 8.97. The fourth-order valence-electron chi connectivity index (χ4n) is 3.58. The Bertz CT molecular complexity index is 584. The summed E-state index contributed by atoms with van der Waals surface area (Å²) in [6.45, 7) is 8.09. The Hall–Kier alpha value is -1.92. The van der Waals surface area contributed by atoms with E-state index in [9.17, 15) is 0 Å². The standard InChI is InChI=1S/C19H29N5O/c1-3-21-19(20-2)22-16-4-6-17(7-5-16)23-10-8-18(9-11-23)24-12-14-25-15-13-24/h3-7,18H,8-15H2,1-2H3,(H,20,22). The largest absolute Gasteiger partial charge is 0.379 e. The molecule has 2 aliphatic rings. The highest BCUT2D eigenvalue weighted by molar-refractivity contribution is 5.98. The van der Waals surface area contributed by atoms with Crippen molar-refractivity contribution in [1.82, 2.24) is 4.90 Å². The number of guanidine groups is 1. The molecule has 2 fully saturated rings. The normalized spacial score (nSPS) is 21.0. The van der Waals surface area contributed by atoms with Gasteiger partial charge in [-0.3, -0.25) is 9.89 Å². The van der Waals surface area contributed by atoms with Crippen molar-refractivity contribution in [3.05, 3.63) is 24.3 Å². The topological polar surface area (TPSA) is 52.5 Å². The lowest BCUT2D eigenvalue weighted by atomic mass is 10.0. The molecule has 0 radical (unpaired) electrons. The van der Waals surface area contributed by atoms with Crippen molar-refractivity contribution in [3.8, 4) is 0 Å². The van der Waals surface area contributed by atoms with Crippen LogP contribution in [0.3, 0.4) is 0 Å². The van der Waals surface area contributed by atoms with Crippen LogP contribution in [0.15, 0.2) is 34.3 Å². The summed E-state index contributed by atoms with van der Waals surface area (Å²) in [5.74, 6) is 0.626. The maximum Gasteiger partial charge on any atom is 0.221 e. The van der Waals surface area contributed by atoms with E-state index in [0.29, 0.717) is 5.96 Å². The average Bonchev–Trinajstić information content (AvgIpc) is 2.69. The molecule has 0 bridgehead atoms. The van der Waals surface area contributed by atoms with E-state index in [2.05, 4.69) is 49.4 Å². The molecule has 0 saturated carbocycles. The molecule has 6 heteroatoms. The van der Waals surface area contributed by atoms with Gasteiger partial charge in [-0.2, -0.15) is 0 Å². The van der Waals surface area contributed by atoms with Crippen LogP contribution in [0, 0.1) is 0 Å². The number of ether oxygens (including phenoxy) is 1. The van der Waals surface area contributed by atoms with E-state index < -0.39 is 0 Å². The van der Waals surface area contributed by atoms with Gasteiger partial charge in [-0.25, -0.2) is 4.99 Å². The molecule has 0 amide bonds. The van der Waals surface area contributed by atoms with Gasteiger partial charge < -0.3 is 15.0 Å². The minimum Gasteiger partial charge on any atom is -0.379 e. The highest BCUT2D eigenvalue weighted by atomic mass is 16.5. The van der Waals surface area contributed by atoms with Gasteiger partial charge in [-0.05, 0) is 44.0 Å². The van der Waals surface area contributed by atoms with Crippen molar-refractivity contribution in [2.24, 2.45) is 9.98 Å². The van der Waals surface area contributed by atoms with E-state index in [4.69, 9.17) is 4.74 Å². The predicted molar refractivity (Wildman–Crippen MR) is 105 cm³/mol. The van der Waals surface area contributed by atoms with Gasteiger partial charge in [0.05, 0.1) is 13.2 Å². The molecule has 2 saturated heterocycles. The minimum atomic E-state index is 0.626. The second-order valence-electron chi connectivity index (χ2n) is 6.47. The van der Waals surface area contributed by atoms with Crippen LogP contribution in [0.1, 0.15) is 19.8 Å². The Labute approximate surface area is 150 Å². The number of aliphatic imine (C=N–C) groups is 2. The molecule has 0 atom stereocenters. The van der Waals surface area contributed by atoms with Crippen LogP contribution in [-0.2, 0) is 4.74 Å². The maximum absolute atomic E-state index is 5.47. The van der Waals surface area contributed by atoms with Crippen LogP contribution in [0.2, 0.25) is 0 Å². The van der Waals surface area contributed by atoms with Crippen LogP contribution in [0.25, 0.3) is 0 Å². The summed E-state index contributed by atoms with van der Waals surface area (Å²) in [5.41, 5.74) is 2.30. The summed E-state index contributed by atoms with van der Waals surface area (Å²) in [7, 11) is 1.74. The molecular weight excluding hydrogens is 314 g/mol. The SMILES string of the molecule is CC=NC(=NC)Nc1ccc(N2CCC(N3CCOCC3)CC2)cc1. The molecule has 1 aromatic carbocycles. The summed E-state index contributed by atoms with van der Waals surface area (Å²) in [4.78, 5) is 13.4. The molecule has 0 spiro atoms. The van der Waals surface area contributed by atoms with E-state index in [1.165, 1.54) is 18.5 Å². The van der Waals surface area contributed by atoms with Crippen LogP contribution in [-0.4, -0.2) is 69.6 Å². The average molecular weight is 343 g/mol. The quantitative estimate of drug-likeness (QED) is 0.677. The Morgan fingerprint density at radius 3 is 2.40 bits per heavy atom. The van der Waals surface area contributed by atoms with Crippen LogP contribution < -0.4 is 10.2 Å². The molecule has 0 aromatic heterocycles. The van der Waals surface area contributed by atoms with Crippen molar-refractivity contribution in [1.29, 1.82) is 0 Å². The zero-order valence-corrected chi connectivity index (χ0v) is 15.3. The smallest absolute Gasteiger partial charge is 0.221 e. The van der Waals surface area contributed by atoms with E-state index in [0.717, 1.165) is 51.1 Å². The Kier molecular flexibility index (Phi) is 6.42. The first-order valence-electron chi connectivity index (χ1n) is 9.19. The first-order chi connectivity index (χ1) is 12.3. The molecule has 6 nitrogen and oxygen atoms in total. The lowest BCUT2D eigenvalue weighted by molar-refractivity contribution is 0.0115. The van der Waals surface area contributed by atoms with Crippen LogP contribution >= 0.6 is 0 Å². The number of piperidine rings is 1. The Morgan fingerprint density at radius 2 is 1.80 bits per heavy atom. The fourth-order valence-corrected chi connectivity index (χ4v) is 3.58. The van der Waals surface area contributed by atoms with Crippen LogP contribution in [0.5, 0.6) is 0 Å². The predicted octanol–water partition coefficient (Wildman–Crippen LogP) is 2.48. The zero-order valence-electron chi connectivity index (χ0n) is 15.3. The van der Waals surface area contributed by atoms with Crippen molar-refractivity contribution < 1.29 is 4.74 Å². The number of anilines is 2. The Balaban J connectivity index is 1.53. The number of morpholine rings is 1. The monoisotopic (exact) mass is 343 g/mol. The minimum absolute atomic E-state index is 0.626. The van der Waals surface area contributed by atoms with Crippen LogP contribution in [0.4, 0.5) is 11.4 Å². The molecule has 0 unspecified atom stereocenters. The Morgan fingerprint density at radius 1 is 1.12 bits per heavy atom. The number of nitrogens with one attached hydrogen (secondary N) is 1.